The van der Waals surface area contributed by atoms with Crippen molar-refractivity contribution < 1.29 is 24.2 Å². The van der Waals surface area contributed by atoms with E-state index in [2.05, 4.69) is 10.6 Å². The molecule has 8 heteroatoms. The summed E-state index contributed by atoms with van der Waals surface area (Å²) in [5.74, 6) is -1.29. The van der Waals surface area contributed by atoms with Gasteiger partial charge in [-0.25, -0.2) is 4.79 Å². The first-order valence-corrected chi connectivity index (χ1v) is 6.40. The molecule has 0 aromatic carbocycles. The molecule has 116 valence electrons. The third-order valence-electron chi connectivity index (χ3n) is 2.48. The lowest BCUT2D eigenvalue weighted by atomic mass is 10.3. The van der Waals surface area contributed by atoms with Gasteiger partial charge in [-0.3, -0.25) is 9.59 Å². The quantitative estimate of drug-likeness (QED) is 0.503. The molecular formula is C12H23N3O5. The summed E-state index contributed by atoms with van der Waals surface area (Å²) in [5, 5.41) is 13.7. The molecule has 3 amide bonds. The van der Waals surface area contributed by atoms with Gasteiger partial charge in [0.1, 0.15) is 0 Å². The molecule has 0 radical (unpaired) electrons. The first-order valence-electron chi connectivity index (χ1n) is 6.40. The van der Waals surface area contributed by atoms with E-state index in [1.807, 2.05) is 0 Å². The number of methoxy groups -OCH3 is 1. The largest absolute Gasteiger partial charge is 0.481 e. The number of nitrogens with one attached hydrogen (secondary N) is 2. The van der Waals surface area contributed by atoms with Crippen molar-refractivity contribution in [2.45, 2.75) is 26.3 Å². The second-order valence-corrected chi connectivity index (χ2v) is 4.43. The summed E-state index contributed by atoms with van der Waals surface area (Å²) in [5.41, 5.74) is 0. The summed E-state index contributed by atoms with van der Waals surface area (Å²) in [6.07, 6.45) is -0.133. The topological polar surface area (TPSA) is 108 Å². The number of carbonyl (C=O) groups excluding carboxylic acids is 2. The van der Waals surface area contributed by atoms with E-state index in [0.717, 1.165) is 0 Å². The number of rotatable bonds is 9. The molecule has 20 heavy (non-hydrogen) atoms. The molecule has 0 saturated carbocycles. The molecule has 0 spiro atoms. The Morgan fingerprint density at radius 1 is 1.25 bits per heavy atom. The minimum Gasteiger partial charge on any atom is -0.481 e. The summed E-state index contributed by atoms with van der Waals surface area (Å²) >= 11 is 0. The Labute approximate surface area is 118 Å². The van der Waals surface area contributed by atoms with Gasteiger partial charge in [-0.05, 0) is 13.8 Å². The summed E-state index contributed by atoms with van der Waals surface area (Å²) in [7, 11) is 1.52. The van der Waals surface area contributed by atoms with Gasteiger partial charge in [0.2, 0.25) is 5.91 Å². The Hall–Kier alpha value is -1.83. The maximum absolute atomic E-state index is 11.8. The molecule has 0 bridgehead atoms. The minimum absolute atomic E-state index is 0.101. The summed E-state index contributed by atoms with van der Waals surface area (Å²) in [6, 6.07) is -0.603. The van der Waals surface area contributed by atoms with Crippen LogP contribution >= 0.6 is 0 Å². The molecule has 0 heterocycles. The van der Waals surface area contributed by atoms with Gasteiger partial charge < -0.3 is 25.4 Å². The standard InChI is InChI=1S/C12H23N3O5/c1-9(2)15(6-4-11(17)18)12(19)14-8-10(16)13-5-7-20-3/h9H,4-8H2,1-3H3,(H,13,16)(H,14,19)(H,17,18). The Balaban J connectivity index is 4.12. The molecule has 3 N–H and O–H groups in total. The van der Waals surface area contributed by atoms with Gasteiger partial charge in [-0.2, -0.15) is 0 Å². The van der Waals surface area contributed by atoms with E-state index in [1.54, 1.807) is 13.8 Å². The van der Waals surface area contributed by atoms with Crippen LogP contribution in [0.3, 0.4) is 0 Å². The van der Waals surface area contributed by atoms with Gasteiger partial charge in [-0.1, -0.05) is 0 Å². The fraction of sp³-hybridized carbons (Fsp3) is 0.750. The molecule has 0 saturated heterocycles. The van der Waals surface area contributed by atoms with Crippen LogP contribution in [0.2, 0.25) is 0 Å². The average Bonchev–Trinajstić information content (AvgIpc) is 2.36. The summed E-state index contributed by atoms with van der Waals surface area (Å²) < 4.78 is 4.78. The highest BCUT2D eigenvalue weighted by atomic mass is 16.5. The van der Waals surface area contributed by atoms with Crippen molar-refractivity contribution in [3.63, 3.8) is 0 Å². The van der Waals surface area contributed by atoms with E-state index in [0.29, 0.717) is 13.2 Å². The normalized spacial score (nSPS) is 10.2. The predicted octanol–water partition coefficient (Wildman–Crippen LogP) is -0.356. The summed E-state index contributed by atoms with van der Waals surface area (Å²) in [6.45, 7) is 4.28. The Morgan fingerprint density at radius 2 is 1.90 bits per heavy atom. The van der Waals surface area contributed by atoms with Gasteiger partial charge in [0, 0.05) is 26.2 Å². The molecule has 0 aromatic rings. The van der Waals surface area contributed by atoms with Gasteiger partial charge in [0.25, 0.3) is 0 Å². The molecule has 0 aromatic heterocycles. The summed E-state index contributed by atoms with van der Waals surface area (Å²) in [4.78, 5) is 35.1. The second kappa shape index (κ2) is 10.0. The fourth-order valence-corrected chi connectivity index (χ4v) is 1.42. The number of amides is 3. The highest BCUT2D eigenvalue weighted by Crippen LogP contribution is 2.00. The van der Waals surface area contributed by atoms with Crippen molar-refractivity contribution >= 4 is 17.9 Å². The first-order chi connectivity index (χ1) is 9.38. The van der Waals surface area contributed by atoms with Crippen molar-refractivity contribution in [2.75, 3.05) is 33.4 Å². The molecule has 0 unspecified atom stereocenters. The van der Waals surface area contributed by atoms with Crippen LogP contribution in [-0.4, -0.2) is 67.3 Å². The van der Waals surface area contributed by atoms with E-state index in [1.165, 1.54) is 12.0 Å². The Morgan fingerprint density at radius 3 is 2.40 bits per heavy atom. The number of hydrogen-bond donors (Lipinski definition) is 3. The molecule has 0 aliphatic rings. The van der Waals surface area contributed by atoms with Crippen molar-refractivity contribution in [1.82, 2.24) is 15.5 Å². The number of carbonyl (C=O) groups is 3. The zero-order valence-corrected chi connectivity index (χ0v) is 12.1. The van der Waals surface area contributed by atoms with E-state index in [-0.39, 0.29) is 31.5 Å². The van der Waals surface area contributed by atoms with Crippen molar-refractivity contribution in [1.29, 1.82) is 0 Å². The maximum Gasteiger partial charge on any atom is 0.318 e. The lowest BCUT2D eigenvalue weighted by molar-refractivity contribution is -0.137. The molecule has 0 aliphatic heterocycles. The zero-order valence-electron chi connectivity index (χ0n) is 12.1. The highest BCUT2D eigenvalue weighted by molar-refractivity contribution is 5.84. The van der Waals surface area contributed by atoms with Crippen LogP contribution in [0.1, 0.15) is 20.3 Å². The van der Waals surface area contributed by atoms with Crippen molar-refractivity contribution in [2.24, 2.45) is 0 Å². The monoisotopic (exact) mass is 289 g/mol. The zero-order chi connectivity index (χ0) is 15.5. The highest BCUT2D eigenvalue weighted by Gasteiger charge is 2.18. The van der Waals surface area contributed by atoms with Gasteiger partial charge in [0.05, 0.1) is 19.6 Å². The molecule has 0 aliphatic carbocycles. The van der Waals surface area contributed by atoms with Gasteiger partial charge in [0.15, 0.2) is 0 Å². The number of carboxylic acid groups (broad SMARTS) is 1. The van der Waals surface area contributed by atoms with Crippen LogP contribution in [0.15, 0.2) is 0 Å². The van der Waals surface area contributed by atoms with Gasteiger partial charge >= 0.3 is 12.0 Å². The molecular weight excluding hydrogens is 266 g/mol. The van der Waals surface area contributed by atoms with Gasteiger partial charge in [-0.15, -0.1) is 0 Å². The number of aliphatic carboxylic acids is 1. The number of hydrogen-bond acceptors (Lipinski definition) is 4. The maximum atomic E-state index is 11.8. The number of urea groups is 1. The van der Waals surface area contributed by atoms with E-state index in [9.17, 15) is 14.4 Å². The third-order valence-corrected chi connectivity index (χ3v) is 2.48. The van der Waals surface area contributed by atoms with E-state index < -0.39 is 12.0 Å². The molecule has 0 rings (SSSR count). The van der Waals surface area contributed by atoms with Crippen LogP contribution < -0.4 is 10.6 Å². The van der Waals surface area contributed by atoms with Crippen LogP contribution in [0.5, 0.6) is 0 Å². The predicted molar refractivity (Wildman–Crippen MR) is 72.4 cm³/mol. The lowest BCUT2D eigenvalue weighted by Crippen LogP contribution is -2.48. The number of carboxylic acids is 1. The Bertz CT molecular complexity index is 333. The van der Waals surface area contributed by atoms with Crippen LogP contribution in [0, 0.1) is 0 Å². The van der Waals surface area contributed by atoms with E-state index in [4.69, 9.17) is 9.84 Å². The Kier molecular flexibility index (Phi) is 9.10. The second-order valence-electron chi connectivity index (χ2n) is 4.43. The van der Waals surface area contributed by atoms with Crippen LogP contribution in [0.25, 0.3) is 0 Å². The van der Waals surface area contributed by atoms with Crippen LogP contribution in [0.4, 0.5) is 4.79 Å². The van der Waals surface area contributed by atoms with Crippen LogP contribution in [-0.2, 0) is 14.3 Å². The first kappa shape index (κ1) is 18.2. The molecule has 0 atom stereocenters. The smallest absolute Gasteiger partial charge is 0.318 e. The average molecular weight is 289 g/mol. The lowest BCUT2D eigenvalue weighted by Gasteiger charge is -2.26. The molecule has 0 fully saturated rings. The number of nitrogens with zero attached hydrogens (tertiary/aromatic N) is 1. The third kappa shape index (κ3) is 8.30. The van der Waals surface area contributed by atoms with E-state index >= 15 is 0 Å². The minimum atomic E-state index is -0.972. The fourth-order valence-electron chi connectivity index (χ4n) is 1.42. The molecule has 8 nitrogen and oxygen atoms in total. The number of ether oxygens (including phenoxy) is 1. The van der Waals surface area contributed by atoms with Crippen molar-refractivity contribution in [3.8, 4) is 0 Å². The van der Waals surface area contributed by atoms with Crippen molar-refractivity contribution in [3.05, 3.63) is 0 Å². The SMILES string of the molecule is COCCNC(=O)CNC(=O)N(CCC(=O)O)C(C)C.